The molecule has 0 fully saturated rings. The number of carbonyl (C=O) groups excluding carboxylic acids is 4. The zero-order chi connectivity index (χ0) is 44.3. The first-order chi connectivity index (χ1) is 31.8. The van der Waals surface area contributed by atoms with Gasteiger partial charge < -0.3 is 21.3 Å². The molecule has 4 amide bonds. The van der Waals surface area contributed by atoms with Crippen molar-refractivity contribution in [3.8, 4) is 0 Å². The Morgan fingerprint density at radius 3 is 0.831 bits per heavy atom. The van der Waals surface area contributed by atoms with Crippen molar-refractivity contribution >= 4 is 90.0 Å². The van der Waals surface area contributed by atoms with Gasteiger partial charge in [0.2, 0.25) is 0 Å². The largest absolute Gasteiger partial charge is 0.321 e. The molecule has 0 saturated heterocycles. The Morgan fingerprint density at radius 2 is 0.569 bits per heavy atom. The molecular formula is C53H36N8O4. The molecule has 12 heteroatoms. The third-order valence-corrected chi connectivity index (χ3v) is 11.0. The van der Waals surface area contributed by atoms with Crippen LogP contribution < -0.4 is 21.3 Å². The maximum absolute atomic E-state index is 14.2. The van der Waals surface area contributed by atoms with Crippen LogP contribution in [-0.4, -0.2) is 43.6 Å². The van der Waals surface area contributed by atoms with Crippen LogP contribution in [0.3, 0.4) is 0 Å². The van der Waals surface area contributed by atoms with Gasteiger partial charge in [-0.2, -0.15) is 0 Å². The van der Waals surface area contributed by atoms with E-state index in [1.807, 2.05) is 97.1 Å². The van der Waals surface area contributed by atoms with Crippen LogP contribution in [-0.2, 0) is 6.42 Å². The number of benzene rings is 6. The molecule has 0 unspecified atom stereocenters. The molecule has 0 bridgehead atoms. The van der Waals surface area contributed by atoms with E-state index in [9.17, 15) is 19.2 Å². The Kier molecular flexibility index (Phi) is 10.6. The third-order valence-electron chi connectivity index (χ3n) is 11.0. The number of hydrogen-bond donors (Lipinski definition) is 4. The average molecular weight is 849 g/mol. The first-order valence-corrected chi connectivity index (χ1v) is 20.7. The molecule has 0 spiro atoms. The van der Waals surface area contributed by atoms with Gasteiger partial charge >= 0.3 is 0 Å². The molecule has 312 valence electrons. The molecular weight excluding hydrogens is 813 g/mol. The minimum atomic E-state index is -0.450. The van der Waals surface area contributed by atoms with Crippen LogP contribution in [0.15, 0.2) is 183 Å². The number of aromatic nitrogens is 4. The molecule has 0 saturated carbocycles. The maximum Gasteiger partial charge on any atom is 0.255 e. The van der Waals surface area contributed by atoms with Gasteiger partial charge in [0.1, 0.15) is 0 Å². The molecule has 0 aliphatic heterocycles. The lowest BCUT2D eigenvalue weighted by atomic mass is 9.96. The van der Waals surface area contributed by atoms with E-state index in [0.717, 1.165) is 21.5 Å². The van der Waals surface area contributed by atoms with E-state index in [1.165, 1.54) is 0 Å². The van der Waals surface area contributed by atoms with Crippen LogP contribution in [0.25, 0.3) is 43.6 Å². The fourth-order valence-corrected chi connectivity index (χ4v) is 7.95. The van der Waals surface area contributed by atoms with Crippen molar-refractivity contribution in [1.29, 1.82) is 0 Å². The minimum absolute atomic E-state index is 0.134. The summed E-state index contributed by atoms with van der Waals surface area (Å²) in [5.41, 5.74) is 7.07. The van der Waals surface area contributed by atoms with E-state index in [2.05, 4.69) is 41.2 Å². The number of hydrogen-bond acceptors (Lipinski definition) is 8. The summed E-state index contributed by atoms with van der Waals surface area (Å²) in [6.45, 7) is 0. The molecule has 10 rings (SSSR count). The molecule has 4 aromatic heterocycles. The van der Waals surface area contributed by atoms with Crippen LogP contribution in [0.4, 0.5) is 22.7 Å². The summed E-state index contributed by atoms with van der Waals surface area (Å²) in [7, 11) is 0. The van der Waals surface area contributed by atoms with E-state index in [-0.39, 0.29) is 28.7 Å². The zero-order valence-electron chi connectivity index (χ0n) is 34.4. The predicted molar refractivity (Wildman–Crippen MR) is 254 cm³/mol. The normalized spacial score (nSPS) is 11.1. The van der Waals surface area contributed by atoms with Crippen LogP contribution >= 0.6 is 0 Å². The molecule has 4 N–H and O–H groups in total. The molecule has 0 atom stereocenters. The summed E-state index contributed by atoms with van der Waals surface area (Å²) in [4.78, 5) is 74.5. The lowest BCUT2D eigenvalue weighted by Crippen LogP contribution is -2.18. The summed E-state index contributed by atoms with van der Waals surface area (Å²) in [5, 5.41) is 15.1. The summed E-state index contributed by atoms with van der Waals surface area (Å²) < 4.78 is 0. The van der Waals surface area contributed by atoms with E-state index >= 15 is 0 Å². The van der Waals surface area contributed by atoms with E-state index in [4.69, 9.17) is 0 Å². The topological polar surface area (TPSA) is 168 Å². The molecule has 10 aromatic rings. The number of para-hydroxylation sites is 4. The van der Waals surface area contributed by atoms with Crippen molar-refractivity contribution in [2.75, 3.05) is 21.3 Å². The number of nitrogens with zero attached hydrogens (tertiary/aromatic N) is 4. The van der Waals surface area contributed by atoms with Gasteiger partial charge in [-0.25, -0.2) is 0 Å². The van der Waals surface area contributed by atoms with Gasteiger partial charge in [0.25, 0.3) is 23.6 Å². The Balaban J connectivity index is 1.04. The van der Waals surface area contributed by atoms with Crippen molar-refractivity contribution in [1.82, 2.24) is 19.9 Å². The van der Waals surface area contributed by atoms with E-state index in [0.29, 0.717) is 55.9 Å². The number of carbonyl (C=O) groups is 4. The van der Waals surface area contributed by atoms with Crippen molar-refractivity contribution in [2.24, 2.45) is 0 Å². The highest BCUT2D eigenvalue weighted by atomic mass is 16.2. The smallest absolute Gasteiger partial charge is 0.255 e. The number of fused-ring (bicyclic) bond motifs is 4. The number of nitrogens with one attached hydrogen (secondary N) is 4. The lowest BCUT2D eigenvalue weighted by Gasteiger charge is -2.15. The SMILES string of the molecule is O=C(Nc1ccnc2ccccc12)c1cc(Cc2cc(C(=O)Nc3ccnc4ccccc34)cc(C(=O)Nc3ccnc4ccccc34)c2)cc(C(=O)Nc2ccnc3ccccc23)c1. The third kappa shape index (κ3) is 8.42. The highest BCUT2D eigenvalue weighted by Gasteiger charge is 2.20. The molecule has 0 aliphatic rings. The first-order valence-electron chi connectivity index (χ1n) is 20.7. The van der Waals surface area contributed by atoms with Gasteiger partial charge in [0.05, 0.1) is 44.8 Å². The van der Waals surface area contributed by atoms with Gasteiger partial charge in [-0.05, 0) is 102 Å². The zero-order valence-corrected chi connectivity index (χ0v) is 34.4. The highest BCUT2D eigenvalue weighted by Crippen LogP contribution is 2.28. The van der Waals surface area contributed by atoms with Gasteiger partial charge in [-0.15, -0.1) is 0 Å². The Labute approximate surface area is 371 Å². The fraction of sp³-hybridized carbons (Fsp3) is 0.0189. The number of pyridine rings is 4. The van der Waals surface area contributed by atoms with Gasteiger partial charge in [-0.3, -0.25) is 39.1 Å². The number of rotatable bonds is 10. The summed E-state index contributed by atoms with van der Waals surface area (Å²) in [5.74, 6) is -1.80. The van der Waals surface area contributed by atoms with Crippen molar-refractivity contribution in [3.63, 3.8) is 0 Å². The van der Waals surface area contributed by atoms with Crippen molar-refractivity contribution in [2.45, 2.75) is 6.42 Å². The van der Waals surface area contributed by atoms with Crippen LogP contribution in [0.2, 0.25) is 0 Å². The van der Waals surface area contributed by atoms with Crippen molar-refractivity contribution in [3.05, 3.63) is 216 Å². The average Bonchev–Trinajstić information content (AvgIpc) is 3.34. The monoisotopic (exact) mass is 848 g/mol. The van der Waals surface area contributed by atoms with Crippen LogP contribution in [0, 0.1) is 0 Å². The second-order valence-corrected chi connectivity index (χ2v) is 15.3. The second kappa shape index (κ2) is 17.3. The minimum Gasteiger partial charge on any atom is -0.321 e. The van der Waals surface area contributed by atoms with Crippen molar-refractivity contribution < 1.29 is 19.2 Å². The number of amides is 4. The Bertz CT molecular complexity index is 3060. The summed E-state index contributed by atoms with van der Waals surface area (Å²) >= 11 is 0. The van der Waals surface area contributed by atoms with Gasteiger partial charge in [-0.1, -0.05) is 72.8 Å². The fourth-order valence-electron chi connectivity index (χ4n) is 7.95. The lowest BCUT2D eigenvalue weighted by molar-refractivity contribution is 0.101. The molecule has 65 heavy (non-hydrogen) atoms. The van der Waals surface area contributed by atoms with E-state index < -0.39 is 23.6 Å². The van der Waals surface area contributed by atoms with Gasteiger partial charge in [0.15, 0.2) is 0 Å². The molecule has 0 radical (unpaired) electrons. The number of anilines is 4. The van der Waals surface area contributed by atoms with Crippen LogP contribution in [0.5, 0.6) is 0 Å². The van der Waals surface area contributed by atoms with E-state index in [1.54, 1.807) is 85.5 Å². The maximum atomic E-state index is 14.2. The standard InChI is InChI=1S/C53H36N8O4/c62-50(58-46-17-21-54-42-13-5-1-9-38(42)46)34-26-32(27-35(30-34)51(63)59-47-18-22-55-43-14-6-2-10-39(43)47)25-33-28-36(52(64)60-48-19-23-56-44-15-7-3-11-40(44)48)31-37(29-33)53(65)61-49-20-24-57-45-16-8-4-12-41(45)49/h1-24,26-31H,25H2,(H,54,58,62)(H,55,59,63)(H,56,60,64)(H,57,61,65). The summed E-state index contributed by atoms with van der Waals surface area (Å²) in [6, 6.07) is 46.7. The van der Waals surface area contributed by atoms with Gasteiger partial charge in [0, 0.05) is 68.6 Å². The predicted octanol–water partition coefficient (Wildman–Crippen LogP) is 10.5. The second-order valence-electron chi connectivity index (χ2n) is 15.3. The first kappa shape index (κ1) is 39.9. The quantitative estimate of drug-likeness (QED) is 0.105. The molecule has 6 aromatic carbocycles. The molecule has 12 nitrogen and oxygen atoms in total. The summed E-state index contributed by atoms with van der Waals surface area (Å²) in [6.07, 6.45) is 6.62. The molecule has 4 heterocycles. The Morgan fingerprint density at radius 1 is 0.323 bits per heavy atom. The van der Waals surface area contributed by atoms with Crippen LogP contribution in [0.1, 0.15) is 52.6 Å². The molecule has 0 aliphatic carbocycles. The highest BCUT2D eigenvalue weighted by molar-refractivity contribution is 6.14. The Hall–Kier alpha value is -9.16.